The van der Waals surface area contributed by atoms with Crippen molar-refractivity contribution in [3.63, 3.8) is 0 Å². The summed E-state index contributed by atoms with van der Waals surface area (Å²) in [5.74, 6) is 0.477. The van der Waals surface area contributed by atoms with Crippen molar-refractivity contribution >= 4 is 17.0 Å². The van der Waals surface area contributed by atoms with Gasteiger partial charge in [-0.1, -0.05) is 0 Å². The highest BCUT2D eigenvalue weighted by Crippen LogP contribution is 2.33. The van der Waals surface area contributed by atoms with Gasteiger partial charge in [-0.05, 0) is 6.92 Å². The molecule has 0 unspecified atom stereocenters. The van der Waals surface area contributed by atoms with Gasteiger partial charge < -0.3 is 4.57 Å². The summed E-state index contributed by atoms with van der Waals surface area (Å²) < 4.78 is 39.5. The van der Waals surface area contributed by atoms with Crippen LogP contribution in [-0.4, -0.2) is 26.8 Å². The number of thiazole rings is 1. The van der Waals surface area contributed by atoms with E-state index in [4.69, 9.17) is 0 Å². The SMILES string of the molecule is CC1=NCCn2c1cnc2-c1nc(C(F)(F)F)cs1. The number of nitrogens with zero attached hydrogens (tertiary/aromatic N) is 4. The summed E-state index contributed by atoms with van der Waals surface area (Å²) in [5.41, 5.74) is 0.814. The minimum atomic E-state index is -4.41. The topological polar surface area (TPSA) is 43.1 Å². The number of hydrogen-bond acceptors (Lipinski definition) is 4. The molecule has 4 nitrogen and oxygen atoms in total. The van der Waals surface area contributed by atoms with E-state index >= 15 is 0 Å². The Labute approximate surface area is 110 Å². The maximum atomic E-state index is 12.5. The molecule has 0 saturated heterocycles. The molecule has 3 heterocycles. The van der Waals surface area contributed by atoms with Gasteiger partial charge in [-0.2, -0.15) is 13.2 Å². The summed E-state index contributed by atoms with van der Waals surface area (Å²) in [4.78, 5) is 12.1. The Morgan fingerprint density at radius 3 is 2.84 bits per heavy atom. The molecule has 0 atom stereocenters. The summed E-state index contributed by atoms with van der Waals surface area (Å²) in [5, 5.41) is 1.30. The first-order chi connectivity index (χ1) is 8.97. The van der Waals surface area contributed by atoms with Crippen molar-refractivity contribution in [1.29, 1.82) is 0 Å². The lowest BCUT2D eigenvalue weighted by atomic mass is 10.3. The highest BCUT2D eigenvalue weighted by molar-refractivity contribution is 7.13. The second-order valence-electron chi connectivity index (χ2n) is 4.12. The molecular formula is C11H9F3N4S. The third kappa shape index (κ3) is 2.05. The zero-order valence-corrected chi connectivity index (χ0v) is 10.7. The van der Waals surface area contributed by atoms with Crippen molar-refractivity contribution in [2.24, 2.45) is 4.99 Å². The Balaban J connectivity index is 2.04. The van der Waals surface area contributed by atoms with E-state index in [1.165, 1.54) is 0 Å². The maximum Gasteiger partial charge on any atom is 0.434 e. The predicted molar refractivity (Wildman–Crippen MR) is 65.4 cm³/mol. The highest BCUT2D eigenvalue weighted by Gasteiger charge is 2.34. The lowest BCUT2D eigenvalue weighted by molar-refractivity contribution is -0.140. The Hall–Kier alpha value is -1.70. The molecule has 0 aromatic carbocycles. The molecule has 0 radical (unpaired) electrons. The van der Waals surface area contributed by atoms with Crippen LogP contribution in [0, 0.1) is 0 Å². The number of alkyl halides is 3. The van der Waals surface area contributed by atoms with Gasteiger partial charge in [-0.25, -0.2) is 9.97 Å². The average molecular weight is 286 g/mol. The fourth-order valence-corrected chi connectivity index (χ4v) is 2.80. The van der Waals surface area contributed by atoms with Gasteiger partial charge in [0.05, 0.1) is 24.1 Å². The van der Waals surface area contributed by atoms with Crippen LogP contribution in [-0.2, 0) is 12.7 Å². The fraction of sp³-hybridized carbons (Fsp3) is 0.364. The molecule has 0 bridgehead atoms. The summed E-state index contributed by atoms with van der Waals surface area (Å²) >= 11 is 0.954. The molecular weight excluding hydrogens is 277 g/mol. The van der Waals surface area contributed by atoms with E-state index in [0.29, 0.717) is 18.9 Å². The van der Waals surface area contributed by atoms with Gasteiger partial charge in [0.25, 0.3) is 0 Å². The number of aromatic nitrogens is 3. The molecule has 0 aliphatic carbocycles. The lowest BCUT2D eigenvalue weighted by Crippen LogP contribution is -2.16. The summed E-state index contributed by atoms with van der Waals surface area (Å²) in [6.07, 6.45) is -2.79. The number of aliphatic imine (C=N–C) groups is 1. The molecule has 0 amide bonds. The first kappa shape index (κ1) is 12.3. The smallest absolute Gasteiger partial charge is 0.319 e. The van der Waals surface area contributed by atoms with Crippen molar-refractivity contribution in [1.82, 2.24) is 14.5 Å². The molecule has 0 N–H and O–H groups in total. The van der Waals surface area contributed by atoms with Crippen LogP contribution in [0.15, 0.2) is 16.6 Å². The van der Waals surface area contributed by atoms with Gasteiger partial charge in [0, 0.05) is 11.9 Å². The van der Waals surface area contributed by atoms with E-state index in [1.54, 1.807) is 6.20 Å². The molecule has 2 aromatic rings. The van der Waals surface area contributed by atoms with Crippen LogP contribution in [0.4, 0.5) is 13.2 Å². The first-order valence-corrected chi connectivity index (χ1v) is 6.45. The summed E-state index contributed by atoms with van der Waals surface area (Å²) in [7, 11) is 0. The fourth-order valence-electron chi connectivity index (χ4n) is 1.97. The molecule has 8 heteroatoms. The summed E-state index contributed by atoms with van der Waals surface area (Å²) in [6, 6.07) is 0. The monoisotopic (exact) mass is 286 g/mol. The van der Waals surface area contributed by atoms with Crippen LogP contribution in [0.3, 0.4) is 0 Å². The standard InChI is InChI=1S/C11H9F3N4S/c1-6-7-4-16-9(18(7)3-2-15-6)10-17-8(5-19-10)11(12,13)14/h4-5H,2-3H2,1H3. The third-order valence-electron chi connectivity index (χ3n) is 2.88. The summed E-state index contributed by atoms with van der Waals surface area (Å²) in [6.45, 7) is 3.09. The number of fused-ring (bicyclic) bond motifs is 1. The molecule has 1 aliphatic rings. The maximum absolute atomic E-state index is 12.5. The Kier molecular flexibility index (Phi) is 2.70. The molecule has 0 saturated carbocycles. The minimum Gasteiger partial charge on any atom is -0.319 e. The molecule has 0 spiro atoms. The first-order valence-electron chi connectivity index (χ1n) is 5.57. The van der Waals surface area contributed by atoms with E-state index in [9.17, 15) is 13.2 Å². The van der Waals surface area contributed by atoms with Crippen LogP contribution in [0.5, 0.6) is 0 Å². The van der Waals surface area contributed by atoms with Crippen molar-refractivity contribution < 1.29 is 13.2 Å². The van der Waals surface area contributed by atoms with Gasteiger partial charge in [0.1, 0.15) is 0 Å². The number of hydrogen-bond donors (Lipinski definition) is 0. The van der Waals surface area contributed by atoms with Crippen LogP contribution >= 0.6 is 11.3 Å². The number of rotatable bonds is 1. The van der Waals surface area contributed by atoms with Gasteiger partial charge in [-0.15, -0.1) is 11.3 Å². The van der Waals surface area contributed by atoms with E-state index in [2.05, 4.69) is 15.0 Å². The van der Waals surface area contributed by atoms with Crippen LogP contribution in [0.2, 0.25) is 0 Å². The predicted octanol–water partition coefficient (Wildman–Crippen LogP) is 2.85. The molecule has 1 aliphatic heterocycles. The van der Waals surface area contributed by atoms with Gasteiger partial charge in [-0.3, -0.25) is 4.99 Å². The van der Waals surface area contributed by atoms with Gasteiger partial charge in [0.15, 0.2) is 16.5 Å². The van der Waals surface area contributed by atoms with E-state index in [1.807, 2.05) is 11.5 Å². The van der Waals surface area contributed by atoms with E-state index in [0.717, 1.165) is 28.1 Å². The molecule has 3 rings (SSSR count). The average Bonchev–Trinajstić information content (AvgIpc) is 2.93. The zero-order valence-electron chi connectivity index (χ0n) is 9.90. The van der Waals surface area contributed by atoms with Crippen LogP contribution in [0.1, 0.15) is 18.3 Å². The Morgan fingerprint density at radius 2 is 2.16 bits per heavy atom. The van der Waals surface area contributed by atoms with Crippen molar-refractivity contribution in [3.05, 3.63) is 23.0 Å². The minimum absolute atomic E-state index is 0.285. The normalized spacial score (nSPS) is 15.3. The van der Waals surface area contributed by atoms with E-state index in [-0.39, 0.29) is 5.01 Å². The van der Waals surface area contributed by atoms with Crippen molar-refractivity contribution in [2.45, 2.75) is 19.6 Å². The third-order valence-corrected chi connectivity index (χ3v) is 3.72. The lowest BCUT2D eigenvalue weighted by Gasteiger charge is -2.14. The Morgan fingerprint density at radius 1 is 1.37 bits per heavy atom. The highest BCUT2D eigenvalue weighted by atomic mass is 32.1. The van der Waals surface area contributed by atoms with Gasteiger partial charge in [0.2, 0.25) is 0 Å². The van der Waals surface area contributed by atoms with Crippen molar-refractivity contribution in [2.75, 3.05) is 6.54 Å². The number of imidazole rings is 1. The molecule has 19 heavy (non-hydrogen) atoms. The molecule has 0 fully saturated rings. The van der Waals surface area contributed by atoms with Crippen LogP contribution in [0.25, 0.3) is 10.8 Å². The van der Waals surface area contributed by atoms with Gasteiger partial charge >= 0.3 is 6.18 Å². The quantitative estimate of drug-likeness (QED) is 0.809. The van der Waals surface area contributed by atoms with E-state index < -0.39 is 11.9 Å². The van der Waals surface area contributed by atoms with Crippen LogP contribution < -0.4 is 0 Å². The second-order valence-corrected chi connectivity index (χ2v) is 4.98. The zero-order chi connectivity index (χ0) is 13.6. The number of halogens is 3. The largest absolute Gasteiger partial charge is 0.434 e. The molecule has 100 valence electrons. The molecule has 2 aromatic heterocycles. The Bertz CT molecular complexity index is 653. The second kappa shape index (κ2) is 4.16. The van der Waals surface area contributed by atoms with Crippen molar-refractivity contribution in [3.8, 4) is 10.8 Å².